The first-order chi connectivity index (χ1) is 13.0. The molecule has 2 saturated heterocycles. The molecule has 27 heavy (non-hydrogen) atoms. The van der Waals surface area contributed by atoms with Crippen LogP contribution in [-0.4, -0.2) is 62.7 Å². The Bertz CT molecular complexity index is 869. The third kappa shape index (κ3) is 3.84. The number of ether oxygens (including phenoxy) is 1. The fraction of sp³-hybridized carbons (Fsp3) is 0.611. The molecule has 0 saturated carbocycles. The molecule has 3 heterocycles. The third-order valence-corrected chi connectivity index (χ3v) is 7.68. The Morgan fingerprint density at radius 1 is 1.30 bits per heavy atom. The number of nitrogens with zero attached hydrogens (tertiary/aromatic N) is 3. The Balaban J connectivity index is 1.43. The molecule has 4 rings (SSSR count). The van der Waals surface area contributed by atoms with Gasteiger partial charge in [-0.25, -0.2) is 9.19 Å². The van der Waals surface area contributed by atoms with Crippen LogP contribution in [0, 0.1) is 0 Å². The number of allylic oxidation sites excluding steroid dienone is 1. The number of rotatable bonds is 2. The summed E-state index contributed by atoms with van der Waals surface area (Å²) in [5, 5.41) is 0. The summed E-state index contributed by atoms with van der Waals surface area (Å²) in [5.74, 6) is 0.305. The van der Waals surface area contributed by atoms with Crippen molar-refractivity contribution in [2.45, 2.75) is 37.7 Å². The van der Waals surface area contributed by atoms with Crippen molar-refractivity contribution >= 4 is 21.5 Å². The van der Waals surface area contributed by atoms with Crippen molar-refractivity contribution in [2.24, 2.45) is 4.36 Å². The molecule has 3 aliphatic rings. The van der Waals surface area contributed by atoms with E-state index in [1.54, 1.807) is 4.90 Å². The van der Waals surface area contributed by atoms with Gasteiger partial charge in [-0.3, -0.25) is 9.59 Å². The first-order valence-corrected chi connectivity index (χ1v) is 11.1. The summed E-state index contributed by atoms with van der Waals surface area (Å²) in [4.78, 5) is 30.2. The van der Waals surface area contributed by atoms with Crippen LogP contribution in [0.4, 0.5) is 0 Å². The summed E-state index contributed by atoms with van der Waals surface area (Å²) >= 11 is 0. The molecule has 2 amide bonds. The van der Waals surface area contributed by atoms with Crippen molar-refractivity contribution < 1.29 is 23.0 Å². The Kier molecular flexibility index (Phi) is 4.90. The second-order valence-corrected chi connectivity index (χ2v) is 9.87. The molecule has 0 atom stereocenters. The van der Waals surface area contributed by atoms with Crippen LogP contribution in [0.15, 0.2) is 33.0 Å². The molecule has 0 bridgehead atoms. The zero-order chi connectivity index (χ0) is 18.9. The zero-order valence-electron chi connectivity index (χ0n) is 15.1. The SMILES string of the molecule is O=C(N=S1(=O)CCC2(CC1)CN(C(=O)c1cnco1)CCO2)C1=CCCC1. The molecule has 0 radical (unpaired) electrons. The highest BCUT2D eigenvalue weighted by atomic mass is 32.2. The number of carbonyl (C=O) groups excluding carboxylic acids is 2. The standard InChI is InChI=1S/C18H23N3O5S/c22-16(14-3-1-2-4-14)20-27(24)9-5-18(6-10-27)12-21(7-8-26-18)17(23)15-11-19-13-25-15/h3,11,13H,1-2,4-10,12H2. The van der Waals surface area contributed by atoms with Gasteiger partial charge in [0.15, 0.2) is 6.39 Å². The molecule has 9 heteroatoms. The summed E-state index contributed by atoms with van der Waals surface area (Å²) in [6.45, 7) is 1.32. The van der Waals surface area contributed by atoms with E-state index in [1.807, 2.05) is 6.08 Å². The summed E-state index contributed by atoms with van der Waals surface area (Å²) in [6, 6.07) is 0. The molecule has 0 unspecified atom stereocenters. The summed E-state index contributed by atoms with van der Waals surface area (Å²) in [7, 11) is -2.56. The molecule has 1 spiro atoms. The second kappa shape index (κ2) is 7.20. The Labute approximate surface area is 158 Å². The maximum Gasteiger partial charge on any atom is 0.291 e. The van der Waals surface area contributed by atoms with E-state index in [9.17, 15) is 13.8 Å². The normalized spacial score (nSPS) is 31.0. The zero-order valence-corrected chi connectivity index (χ0v) is 15.9. The lowest BCUT2D eigenvalue weighted by atomic mass is 9.94. The van der Waals surface area contributed by atoms with E-state index < -0.39 is 15.3 Å². The van der Waals surface area contributed by atoms with Gasteiger partial charge in [0.05, 0.1) is 34.7 Å². The predicted molar refractivity (Wildman–Crippen MR) is 97.6 cm³/mol. The van der Waals surface area contributed by atoms with Crippen LogP contribution in [0.5, 0.6) is 0 Å². The van der Waals surface area contributed by atoms with Crippen molar-refractivity contribution in [3.63, 3.8) is 0 Å². The summed E-state index contributed by atoms with van der Waals surface area (Å²) in [5.41, 5.74) is 0.163. The van der Waals surface area contributed by atoms with E-state index in [0.717, 1.165) is 19.3 Å². The number of aromatic nitrogens is 1. The monoisotopic (exact) mass is 393 g/mol. The van der Waals surface area contributed by atoms with Gasteiger partial charge in [-0.05, 0) is 32.1 Å². The maximum atomic E-state index is 13.0. The summed E-state index contributed by atoms with van der Waals surface area (Å²) < 4.78 is 28.2. The molecule has 2 fully saturated rings. The highest BCUT2D eigenvalue weighted by Crippen LogP contribution is 2.33. The number of hydrogen-bond acceptors (Lipinski definition) is 6. The van der Waals surface area contributed by atoms with Gasteiger partial charge >= 0.3 is 0 Å². The predicted octanol–water partition coefficient (Wildman–Crippen LogP) is 1.78. The number of amides is 2. The van der Waals surface area contributed by atoms with Crippen molar-refractivity contribution in [1.82, 2.24) is 9.88 Å². The van der Waals surface area contributed by atoms with E-state index >= 15 is 0 Å². The van der Waals surface area contributed by atoms with Crippen LogP contribution >= 0.6 is 0 Å². The fourth-order valence-corrected chi connectivity index (χ4v) is 6.07. The number of hydrogen-bond donors (Lipinski definition) is 0. The number of carbonyl (C=O) groups is 2. The maximum absolute atomic E-state index is 13.0. The topological polar surface area (TPSA) is 102 Å². The van der Waals surface area contributed by atoms with Crippen molar-refractivity contribution in [2.75, 3.05) is 31.2 Å². The first kappa shape index (κ1) is 18.4. The largest absolute Gasteiger partial charge is 0.438 e. The smallest absolute Gasteiger partial charge is 0.291 e. The molecule has 8 nitrogen and oxygen atoms in total. The van der Waals surface area contributed by atoms with Gasteiger partial charge in [-0.2, -0.15) is 4.36 Å². The van der Waals surface area contributed by atoms with E-state index in [4.69, 9.17) is 9.15 Å². The van der Waals surface area contributed by atoms with E-state index in [0.29, 0.717) is 49.6 Å². The molecule has 2 aliphatic heterocycles. The van der Waals surface area contributed by atoms with Gasteiger partial charge in [0.1, 0.15) is 0 Å². The molecule has 0 N–H and O–H groups in total. The molecule has 146 valence electrons. The average Bonchev–Trinajstić information content (AvgIpc) is 3.38. The van der Waals surface area contributed by atoms with Gasteiger partial charge in [0.2, 0.25) is 5.76 Å². The van der Waals surface area contributed by atoms with Crippen molar-refractivity contribution in [3.05, 3.63) is 30.0 Å². The van der Waals surface area contributed by atoms with Gasteiger partial charge < -0.3 is 14.1 Å². The quantitative estimate of drug-likeness (QED) is 0.759. The van der Waals surface area contributed by atoms with Crippen LogP contribution in [0.3, 0.4) is 0 Å². The lowest BCUT2D eigenvalue weighted by molar-refractivity contribution is -0.114. The van der Waals surface area contributed by atoms with Gasteiger partial charge in [0, 0.05) is 23.6 Å². The van der Waals surface area contributed by atoms with Crippen LogP contribution in [-0.2, 0) is 19.3 Å². The van der Waals surface area contributed by atoms with Crippen LogP contribution in [0.25, 0.3) is 0 Å². The van der Waals surface area contributed by atoms with E-state index in [1.165, 1.54) is 12.6 Å². The number of morpholine rings is 1. The minimum Gasteiger partial charge on any atom is -0.438 e. The Morgan fingerprint density at radius 2 is 2.11 bits per heavy atom. The number of oxazole rings is 1. The van der Waals surface area contributed by atoms with Crippen LogP contribution in [0.1, 0.15) is 42.7 Å². The first-order valence-electron chi connectivity index (χ1n) is 9.26. The van der Waals surface area contributed by atoms with Gasteiger partial charge in [0.25, 0.3) is 11.8 Å². The molecular formula is C18H23N3O5S. The molecule has 1 aromatic heterocycles. The van der Waals surface area contributed by atoms with Crippen molar-refractivity contribution in [3.8, 4) is 0 Å². The summed E-state index contributed by atoms with van der Waals surface area (Å²) in [6.07, 6.45) is 8.15. The van der Waals surface area contributed by atoms with Gasteiger partial charge in [-0.1, -0.05) is 6.08 Å². The van der Waals surface area contributed by atoms with E-state index in [2.05, 4.69) is 9.35 Å². The lowest BCUT2D eigenvalue weighted by Crippen LogP contribution is -2.56. The fourth-order valence-electron chi connectivity index (χ4n) is 3.88. The van der Waals surface area contributed by atoms with E-state index in [-0.39, 0.29) is 17.6 Å². The van der Waals surface area contributed by atoms with Gasteiger partial charge in [-0.15, -0.1) is 0 Å². The Morgan fingerprint density at radius 3 is 2.78 bits per heavy atom. The molecular weight excluding hydrogens is 370 g/mol. The molecule has 0 aromatic carbocycles. The van der Waals surface area contributed by atoms with Crippen molar-refractivity contribution in [1.29, 1.82) is 0 Å². The average molecular weight is 393 g/mol. The third-order valence-electron chi connectivity index (χ3n) is 5.50. The van der Waals surface area contributed by atoms with Crippen LogP contribution in [0.2, 0.25) is 0 Å². The molecule has 1 aromatic rings. The minimum atomic E-state index is -2.56. The highest BCUT2D eigenvalue weighted by Gasteiger charge is 2.43. The lowest BCUT2D eigenvalue weighted by Gasteiger charge is -2.45. The second-order valence-electron chi connectivity index (χ2n) is 7.32. The van der Waals surface area contributed by atoms with Crippen LogP contribution < -0.4 is 0 Å². The highest BCUT2D eigenvalue weighted by molar-refractivity contribution is 7.93. The molecule has 1 aliphatic carbocycles. The Hall–Kier alpha value is -2.00. The minimum absolute atomic E-state index is 0.206.